The van der Waals surface area contributed by atoms with Gasteiger partial charge in [-0.05, 0) is 91.9 Å². The van der Waals surface area contributed by atoms with E-state index in [0.29, 0.717) is 30.5 Å². The molecule has 7 heteroatoms. The minimum atomic E-state index is 0.0995. The Morgan fingerprint density at radius 1 is 0.886 bits per heavy atom. The van der Waals surface area contributed by atoms with E-state index in [1.54, 1.807) is 28.4 Å². The number of carbonyl (C=O) groups excluding carboxylic acids is 1. The molecule has 2 aliphatic rings. The van der Waals surface area contributed by atoms with Crippen molar-refractivity contribution in [2.45, 2.75) is 38.1 Å². The van der Waals surface area contributed by atoms with Crippen LogP contribution in [-0.2, 0) is 24.1 Å². The first kappa shape index (κ1) is 24.9. The molecule has 1 unspecified atom stereocenters. The lowest BCUT2D eigenvalue weighted by atomic mass is 9.87. The SMILES string of the molecule is COc1cc2c(cc1OC)CC(=O)N(CCCN(C)C1CCc3cc(OC)c(OC)cc3C1)C=C2. The minimum Gasteiger partial charge on any atom is -0.493 e. The van der Waals surface area contributed by atoms with Gasteiger partial charge in [0.1, 0.15) is 0 Å². The van der Waals surface area contributed by atoms with Crippen molar-refractivity contribution in [3.63, 3.8) is 0 Å². The van der Waals surface area contributed by atoms with Gasteiger partial charge in [0.2, 0.25) is 5.91 Å². The van der Waals surface area contributed by atoms with E-state index >= 15 is 0 Å². The number of nitrogens with zero attached hydrogens (tertiary/aromatic N) is 2. The molecule has 4 rings (SSSR count). The highest BCUT2D eigenvalue weighted by molar-refractivity contribution is 5.84. The Morgan fingerprint density at radius 3 is 2.14 bits per heavy atom. The van der Waals surface area contributed by atoms with E-state index in [0.717, 1.165) is 54.9 Å². The molecule has 0 bridgehead atoms. The van der Waals surface area contributed by atoms with Crippen molar-refractivity contribution < 1.29 is 23.7 Å². The largest absolute Gasteiger partial charge is 0.493 e. The van der Waals surface area contributed by atoms with E-state index in [9.17, 15) is 4.79 Å². The Bertz CT molecular complexity index is 1100. The zero-order valence-corrected chi connectivity index (χ0v) is 21.4. The van der Waals surface area contributed by atoms with E-state index in [1.165, 1.54) is 11.1 Å². The van der Waals surface area contributed by atoms with E-state index in [4.69, 9.17) is 18.9 Å². The average Bonchev–Trinajstić information content (AvgIpc) is 3.03. The van der Waals surface area contributed by atoms with E-state index in [2.05, 4.69) is 24.1 Å². The molecular formula is C28H36N2O5. The van der Waals surface area contributed by atoms with Crippen LogP contribution in [0.25, 0.3) is 6.08 Å². The first-order valence-electron chi connectivity index (χ1n) is 12.1. The van der Waals surface area contributed by atoms with Gasteiger partial charge in [-0.25, -0.2) is 0 Å². The molecule has 1 atom stereocenters. The molecule has 0 saturated carbocycles. The van der Waals surface area contributed by atoms with Crippen LogP contribution in [0.4, 0.5) is 0 Å². The number of hydrogen-bond donors (Lipinski definition) is 0. The molecule has 1 aliphatic heterocycles. The third-order valence-corrected chi connectivity index (χ3v) is 7.18. The van der Waals surface area contributed by atoms with Crippen LogP contribution in [0.3, 0.4) is 0 Å². The van der Waals surface area contributed by atoms with E-state index in [1.807, 2.05) is 29.3 Å². The van der Waals surface area contributed by atoms with Gasteiger partial charge in [0, 0.05) is 18.8 Å². The monoisotopic (exact) mass is 480 g/mol. The van der Waals surface area contributed by atoms with Crippen LogP contribution < -0.4 is 18.9 Å². The van der Waals surface area contributed by atoms with Gasteiger partial charge < -0.3 is 28.7 Å². The smallest absolute Gasteiger partial charge is 0.230 e. The lowest BCUT2D eigenvalue weighted by Crippen LogP contribution is -2.38. The number of hydrogen-bond acceptors (Lipinski definition) is 6. The van der Waals surface area contributed by atoms with Crippen molar-refractivity contribution in [3.8, 4) is 23.0 Å². The average molecular weight is 481 g/mol. The summed E-state index contributed by atoms with van der Waals surface area (Å²) in [5, 5.41) is 0. The molecule has 1 heterocycles. The molecule has 188 valence electrons. The predicted octanol–water partition coefficient (Wildman–Crippen LogP) is 3.96. The van der Waals surface area contributed by atoms with Gasteiger partial charge >= 0.3 is 0 Å². The van der Waals surface area contributed by atoms with Crippen LogP contribution in [0.15, 0.2) is 30.5 Å². The molecule has 0 spiro atoms. The summed E-state index contributed by atoms with van der Waals surface area (Å²) in [5.41, 5.74) is 4.63. The fourth-order valence-corrected chi connectivity index (χ4v) is 5.08. The van der Waals surface area contributed by atoms with Gasteiger partial charge in [-0.2, -0.15) is 0 Å². The van der Waals surface area contributed by atoms with Crippen molar-refractivity contribution in [2.75, 3.05) is 48.6 Å². The molecular weight excluding hydrogens is 444 g/mol. The molecule has 1 amide bonds. The fourth-order valence-electron chi connectivity index (χ4n) is 5.08. The Kier molecular flexibility index (Phi) is 7.86. The van der Waals surface area contributed by atoms with Gasteiger partial charge in [0.05, 0.1) is 34.9 Å². The highest BCUT2D eigenvalue weighted by atomic mass is 16.5. The number of fused-ring (bicyclic) bond motifs is 2. The van der Waals surface area contributed by atoms with Crippen molar-refractivity contribution in [1.29, 1.82) is 0 Å². The first-order valence-corrected chi connectivity index (χ1v) is 12.1. The molecule has 0 aromatic heterocycles. The molecule has 0 N–H and O–H groups in total. The fraction of sp³-hybridized carbons (Fsp3) is 0.464. The van der Waals surface area contributed by atoms with Gasteiger partial charge in [-0.1, -0.05) is 0 Å². The summed E-state index contributed by atoms with van der Waals surface area (Å²) in [6.07, 6.45) is 8.29. The van der Waals surface area contributed by atoms with Crippen LogP contribution in [0.5, 0.6) is 23.0 Å². The molecule has 0 fully saturated rings. The number of methoxy groups -OCH3 is 4. The lowest BCUT2D eigenvalue weighted by Gasteiger charge is -2.33. The predicted molar refractivity (Wildman–Crippen MR) is 137 cm³/mol. The highest BCUT2D eigenvalue weighted by Gasteiger charge is 2.25. The normalized spacial score (nSPS) is 17.0. The molecule has 2 aromatic rings. The second kappa shape index (κ2) is 11.0. The molecule has 35 heavy (non-hydrogen) atoms. The molecule has 0 saturated heterocycles. The number of aryl methyl sites for hydroxylation is 1. The number of ether oxygens (including phenoxy) is 4. The zero-order valence-electron chi connectivity index (χ0n) is 21.4. The van der Waals surface area contributed by atoms with Gasteiger partial charge in [-0.3, -0.25) is 4.79 Å². The Labute approximate surface area is 208 Å². The number of benzene rings is 2. The summed E-state index contributed by atoms with van der Waals surface area (Å²) in [5.74, 6) is 3.00. The third kappa shape index (κ3) is 5.40. The molecule has 7 nitrogen and oxygen atoms in total. The second-order valence-corrected chi connectivity index (χ2v) is 9.19. The minimum absolute atomic E-state index is 0.0995. The first-order chi connectivity index (χ1) is 17.0. The molecule has 1 aliphatic carbocycles. The Hall–Kier alpha value is -3.19. The van der Waals surface area contributed by atoms with Crippen molar-refractivity contribution >= 4 is 12.0 Å². The van der Waals surface area contributed by atoms with Crippen molar-refractivity contribution in [2.24, 2.45) is 0 Å². The maximum absolute atomic E-state index is 12.9. The summed E-state index contributed by atoms with van der Waals surface area (Å²) < 4.78 is 21.8. The third-order valence-electron chi connectivity index (χ3n) is 7.18. The van der Waals surface area contributed by atoms with Gasteiger partial charge in [0.25, 0.3) is 0 Å². The van der Waals surface area contributed by atoms with Crippen LogP contribution in [-0.4, -0.2) is 70.3 Å². The summed E-state index contributed by atoms with van der Waals surface area (Å²) in [7, 11) is 8.78. The van der Waals surface area contributed by atoms with Crippen LogP contribution in [0.2, 0.25) is 0 Å². The number of rotatable bonds is 9. The summed E-state index contributed by atoms with van der Waals surface area (Å²) in [4.78, 5) is 17.2. The van der Waals surface area contributed by atoms with Crippen LogP contribution in [0.1, 0.15) is 35.1 Å². The van der Waals surface area contributed by atoms with Crippen LogP contribution in [0, 0.1) is 0 Å². The van der Waals surface area contributed by atoms with Crippen molar-refractivity contribution in [3.05, 3.63) is 52.7 Å². The number of amides is 1. The Balaban J connectivity index is 1.34. The Morgan fingerprint density at radius 2 is 1.49 bits per heavy atom. The van der Waals surface area contributed by atoms with Crippen molar-refractivity contribution in [1.82, 2.24) is 9.80 Å². The maximum atomic E-state index is 12.9. The topological polar surface area (TPSA) is 60.5 Å². The second-order valence-electron chi connectivity index (χ2n) is 9.19. The lowest BCUT2D eigenvalue weighted by molar-refractivity contribution is -0.127. The molecule has 0 radical (unpaired) electrons. The van der Waals surface area contributed by atoms with E-state index < -0.39 is 0 Å². The summed E-state index contributed by atoms with van der Waals surface area (Å²) >= 11 is 0. The quantitative estimate of drug-likeness (QED) is 0.542. The molecule has 2 aromatic carbocycles. The van der Waals surface area contributed by atoms with Gasteiger partial charge in [-0.15, -0.1) is 0 Å². The highest BCUT2D eigenvalue weighted by Crippen LogP contribution is 2.35. The summed E-state index contributed by atoms with van der Waals surface area (Å²) in [6, 6.07) is 8.54. The van der Waals surface area contributed by atoms with Gasteiger partial charge in [0.15, 0.2) is 23.0 Å². The van der Waals surface area contributed by atoms with E-state index in [-0.39, 0.29) is 5.91 Å². The maximum Gasteiger partial charge on any atom is 0.230 e. The zero-order chi connectivity index (χ0) is 24.9. The standard InChI is InChI=1S/C28H36N2O5/c1-29(23-8-7-19-14-24(32-2)26(34-4)16-21(19)13-23)10-6-11-30-12-9-20-15-25(33-3)27(35-5)17-22(20)18-28(30)31/h9,12,14-17,23H,6-8,10-11,13,18H2,1-5H3. The summed E-state index contributed by atoms with van der Waals surface area (Å²) in [6.45, 7) is 1.62. The number of likely N-dealkylation sites (N-methyl/N-ethyl adjacent to an activating group) is 1. The number of carbonyl (C=O) groups is 1. The van der Waals surface area contributed by atoms with Crippen LogP contribution >= 0.6 is 0 Å².